The molecule has 1 aliphatic rings. The van der Waals surface area contributed by atoms with E-state index in [-0.39, 0.29) is 6.03 Å². The van der Waals surface area contributed by atoms with Gasteiger partial charge in [-0.2, -0.15) is 0 Å². The van der Waals surface area contributed by atoms with E-state index in [1.165, 1.54) is 16.7 Å². The molecule has 114 valence electrons. The molecule has 7 heteroatoms. The first-order valence-corrected chi connectivity index (χ1v) is 7.97. The highest BCUT2D eigenvalue weighted by Gasteiger charge is 2.36. The molecule has 1 N–H and O–H groups in total. The SMILES string of the molecule is CCN(Cc1cccc(C)n1)C(=O)N1CSCC1C(=O)O. The predicted molar refractivity (Wildman–Crippen MR) is 81.0 cm³/mol. The van der Waals surface area contributed by atoms with E-state index in [1.54, 1.807) is 4.90 Å². The maximum atomic E-state index is 12.5. The molecule has 2 amide bonds. The Labute approximate surface area is 128 Å². The van der Waals surface area contributed by atoms with Gasteiger partial charge in [0.25, 0.3) is 0 Å². The number of pyridine rings is 1. The van der Waals surface area contributed by atoms with E-state index < -0.39 is 12.0 Å². The molecular formula is C14H19N3O3S. The summed E-state index contributed by atoms with van der Waals surface area (Å²) in [5.74, 6) is -0.0763. The number of aromatic nitrogens is 1. The molecule has 1 saturated heterocycles. The van der Waals surface area contributed by atoms with Gasteiger partial charge in [-0.05, 0) is 26.0 Å². The second-order valence-electron chi connectivity index (χ2n) is 4.89. The third-order valence-electron chi connectivity index (χ3n) is 3.36. The van der Waals surface area contributed by atoms with Crippen LogP contribution in [0.2, 0.25) is 0 Å². The van der Waals surface area contributed by atoms with Crippen LogP contribution in [0.1, 0.15) is 18.3 Å². The van der Waals surface area contributed by atoms with Crippen LogP contribution in [0.5, 0.6) is 0 Å². The third kappa shape index (κ3) is 3.66. The summed E-state index contributed by atoms with van der Waals surface area (Å²) in [7, 11) is 0. The van der Waals surface area contributed by atoms with Gasteiger partial charge in [-0.1, -0.05) is 6.07 Å². The summed E-state index contributed by atoms with van der Waals surface area (Å²) in [4.78, 5) is 31.2. The van der Waals surface area contributed by atoms with Gasteiger partial charge in [0, 0.05) is 18.0 Å². The van der Waals surface area contributed by atoms with Gasteiger partial charge in [-0.15, -0.1) is 11.8 Å². The van der Waals surface area contributed by atoms with Gasteiger partial charge in [0.1, 0.15) is 6.04 Å². The summed E-state index contributed by atoms with van der Waals surface area (Å²) in [5.41, 5.74) is 1.71. The summed E-state index contributed by atoms with van der Waals surface area (Å²) in [5, 5.41) is 9.18. The van der Waals surface area contributed by atoms with Gasteiger partial charge in [-0.25, -0.2) is 9.59 Å². The van der Waals surface area contributed by atoms with Crippen LogP contribution in [-0.4, -0.2) is 56.1 Å². The van der Waals surface area contributed by atoms with E-state index in [9.17, 15) is 14.7 Å². The number of hydrogen-bond acceptors (Lipinski definition) is 4. The quantitative estimate of drug-likeness (QED) is 0.918. The van der Waals surface area contributed by atoms with Gasteiger partial charge in [0.15, 0.2) is 0 Å². The number of urea groups is 1. The number of thioether (sulfide) groups is 1. The molecule has 0 radical (unpaired) electrons. The number of carboxylic acid groups (broad SMARTS) is 1. The second kappa shape index (κ2) is 6.80. The van der Waals surface area contributed by atoms with Gasteiger partial charge in [0.2, 0.25) is 0 Å². The lowest BCUT2D eigenvalue weighted by atomic mass is 10.3. The average Bonchev–Trinajstić information content (AvgIpc) is 2.93. The summed E-state index contributed by atoms with van der Waals surface area (Å²) in [6, 6.07) is 4.71. The standard InChI is InChI=1S/C14H19N3O3S/c1-3-16(7-11-6-4-5-10(2)15-11)14(20)17-9-21-8-12(17)13(18)19/h4-6,12H,3,7-9H2,1-2H3,(H,18,19). The van der Waals surface area contributed by atoms with Crippen molar-refractivity contribution in [3.8, 4) is 0 Å². The average molecular weight is 309 g/mol. The molecular weight excluding hydrogens is 290 g/mol. The summed E-state index contributed by atoms with van der Waals surface area (Å²) >= 11 is 1.47. The molecule has 1 atom stereocenters. The lowest BCUT2D eigenvalue weighted by Crippen LogP contribution is -2.48. The van der Waals surface area contributed by atoms with Crippen molar-refractivity contribution in [3.05, 3.63) is 29.6 Å². The van der Waals surface area contributed by atoms with Gasteiger partial charge >= 0.3 is 12.0 Å². The maximum Gasteiger partial charge on any atom is 0.327 e. The topological polar surface area (TPSA) is 73.7 Å². The van der Waals surface area contributed by atoms with Crippen molar-refractivity contribution in [1.29, 1.82) is 0 Å². The Morgan fingerprint density at radius 2 is 2.29 bits per heavy atom. The van der Waals surface area contributed by atoms with Crippen LogP contribution in [-0.2, 0) is 11.3 Å². The molecule has 0 bridgehead atoms. The maximum absolute atomic E-state index is 12.5. The number of amides is 2. The van der Waals surface area contributed by atoms with Gasteiger partial charge in [0.05, 0.1) is 18.1 Å². The molecule has 0 aromatic carbocycles. The molecule has 1 unspecified atom stereocenters. The molecule has 6 nitrogen and oxygen atoms in total. The normalized spacial score (nSPS) is 17.8. The summed E-state index contributed by atoms with van der Waals surface area (Å²) in [6.07, 6.45) is 0. The molecule has 1 aliphatic heterocycles. The number of hydrogen-bond donors (Lipinski definition) is 1. The molecule has 2 rings (SSSR count). The molecule has 2 heterocycles. The van der Waals surface area contributed by atoms with E-state index in [0.29, 0.717) is 24.7 Å². The summed E-state index contributed by atoms with van der Waals surface area (Å²) in [6.45, 7) is 4.69. The fourth-order valence-corrected chi connectivity index (χ4v) is 3.35. The fourth-order valence-electron chi connectivity index (χ4n) is 2.22. The molecule has 0 spiro atoms. The monoisotopic (exact) mass is 309 g/mol. The van der Waals surface area contributed by atoms with Crippen LogP contribution >= 0.6 is 11.8 Å². The van der Waals surface area contributed by atoms with Gasteiger partial charge < -0.3 is 14.9 Å². The van der Waals surface area contributed by atoms with Crippen molar-refractivity contribution in [3.63, 3.8) is 0 Å². The Balaban J connectivity index is 2.10. The first kappa shape index (κ1) is 15.6. The summed E-state index contributed by atoms with van der Waals surface area (Å²) < 4.78 is 0. The zero-order valence-corrected chi connectivity index (χ0v) is 13.0. The number of nitrogens with zero attached hydrogens (tertiary/aromatic N) is 3. The van der Waals surface area contributed by atoms with Crippen molar-refractivity contribution < 1.29 is 14.7 Å². The molecule has 0 saturated carbocycles. The lowest BCUT2D eigenvalue weighted by molar-refractivity contribution is -0.140. The smallest absolute Gasteiger partial charge is 0.327 e. The Bertz CT molecular complexity index is 538. The minimum absolute atomic E-state index is 0.238. The molecule has 1 aromatic rings. The fraction of sp³-hybridized carbons (Fsp3) is 0.500. The van der Waals surface area contributed by atoms with Crippen LogP contribution in [0.3, 0.4) is 0 Å². The Hall–Kier alpha value is -1.76. The number of aliphatic carboxylic acids is 1. The first-order valence-electron chi connectivity index (χ1n) is 6.81. The zero-order chi connectivity index (χ0) is 15.4. The molecule has 1 fully saturated rings. The van der Waals surface area contributed by atoms with Crippen LogP contribution in [0.25, 0.3) is 0 Å². The second-order valence-corrected chi connectivity index (χ2v) is 5.89. The number of aryl methyl sites for hydroxylation is 1. The first-order chi connectivity index (χ1) is 10.0. The van der Waals surface area contributed by atoms with Crippen LogP contribution in [0.4, 0.5) is 4.79 Å². The number of carbonyl (C=O) groups is 2. The van der Waals surface area contributed by atoms with E-state index >= 15 is 0 Å². The van der Waals surface area contributed by atoms with E-state index in [1.807, 2.05) is 32.0 Å². The van der Waals surface area contributed by atoms with Crippen LogP contribution < -0.4 is 0 Å². The molecule has 21 heavy (non-hydrogen) atoms. The number of carboxylic acids is 1. The lowest BCUT2D eigenvalue weighted by Gasteiger charge is -2.28. The minimum atomic E-state index is -0.946. The number of rotatable bonds is 4. The Kier molecular flexibility index (Phi) is 5.06. The van der Waals surface area contributed by atoms with Crippen LogP contribution in [0, 0.1) is 6.92 Å². The van der Waals surface area contributed by atoms with Crippen molar-refractivity contribution in [2.75, 3.05) is 18.2 Å². The number of carbonyl (C=O) groups excluding carboxylic acids is 1. The van der Waals surface area contributed by atoms with E-state index in [0.717, 1.165) is 11.4 Å². The van der Waals surface area contributed by atoms with Crippen molar-refractivity contribution >= 4 is 23.8 Å². The Morgan fingerprint density at radius 3 is 2.90 bits per heavy atom. The Morgan fingerprint density at radius 1 is 1.52 bits per heavy atom. The minimum Gasteiger partial charge on any atom is -0.480 e. The van der Waals surface area contributed by atoms with Crippen molar-refractivity contribution in [2.24, 2.45) is 0 Å². The zero-order valence-electron chi connectivity index (χ0n) is 12.2. The highest BCUT2D eigenvalue weighted by molar-refractivity contribution is 7.99. The van der Waals surface area contributed by atoms with Crippen molar-refractivity contribution in [1.82, 2.24) is 14.8 Å². The van der Waals surface area contributed by atoms with Gasteiger partial charge in [-0.3, -0.25) is 4.98 Å². The third-order valence-corrected chi connectivity index (χ3v) is 4.38. The highest BCUT2D eigenvalue weighted by Crippen LogP contribution is 2.23. The van der Waals surface area contributed by atoms with Crippen molar-refractivity contribution in [2.45, 2.75) is 26.4 Å². The largest absolute Gasteiger partial charge is 0.480 e. The highest BCUT2D eigenvalue weighted by atomic mass is 32.2. The molecule has 1 aromatic heterocycles. The molecule has 0 aliphatic carbocycles. The van der Waals surface area contributed by atoms with E-state index in [2.05, 4.69) is 4.98 Å². The van der Waals surface area contributed by atoms with Crippen LogP contribution in [0.15, 0.2) is 18.2 Å². The predicted octanol–water partition coefficient (Wildman–Crippen LogP) is 1.79. The van der Waals surface area contributed by atoms with E-state index in [4.69, 9.17) is 0 Å².